The zero-order valence-corrected chi connectivity index (χ0v) is 22.5. The zero-order valence-electron chi connectivity index (χ0n) is 22.5. The maximum Gasteiger partial charge on any atom is 0.307 e. The second-order valence-corrected chi connectivity index (χ2v) is 10.8. The second-order valence-electron chi connectivity index (χ2n) is 10.8. The van der Waals surface area contributed by atoms with Crippen LogP contribution in [0.3, 0.4) is 0 Å². The summed E-state index contributed by atoms with van der Waals surface area (Å²) in [6.07, 6.45) is 0.917. The molecule has 1 amide bonds. The lowest BCUT2D eigenvalue weighted by atomic mass is 9.82. The fourth-order valence-corrected chi connectivity index (χ4v) is 3.97. The Balaban J connectivity index is 3.15. The highest BCUT2D eigenvalue weighted by molar-refractivity contribution is 5.93. The average Bonchev–Trinajstić information content (AvgIpc) is 2.74. The van der Waals surface area contributed by atoms with E-state index in [-0.39, 0.29) is 48.4 Å². The predicted molar refractivity (Wildman–Crippen MR) is 136 cm³/mol. The first-order chi connectivity index (χ1) is 16.1. The van der Waals surface area contributed by atoms with Crippen molar-refractivity contribution in [1.29, 1.82) is 0 Å². The number of rotatable bonds is 13. The van der Waals surface area contributed by atoms with E-state index in [4.69, 9.17) is 4.74 Å². The molecule has 196 valence electrons. The number of ketones is 2. The van der Waals surface area contributed by atoms with Gasteiger partial charge in [0, 0.05) is 12.3 Å². The van der Waals surface area contributed by atoms with E-state index in [2.05, 4.69) is 5.32 Å². The van der Waals surface area contributed by atoms with Gasteiger partial charge in [-0.2, -0.15) is 0 Å². The van der Waals surface area contributed by atoms with Crippen molar-refractivity contribution < 1.29 is 29.0 Å². The molecule has 1 unspecified atom stereocenters. The van der Waals surface area contributed by atoms with E-state index in [1.54, 1.807) is 32.9 Å². The Kier molecular flexibility index (Phi) is 11.6. The number of hydrogen-bond acceptors (Lipinski definition) is 6. The molecule has 1 aromatic carbocycles. The Hall–Kier alpha value is -2.70. The largest absolute Gasteiger partial charge is 0.508 e. The third-order valence-corrected chi connectivity index (χ3v) is 6.30. The number of nitrogens with one attached hydrogen (secondary N) is 1. The van der Waals surface area contributed by atoms with Crippen molar-refractivity contribution in [2.75, 3.05) is 0 Å². The molecule has 0 bridgehead atoms. The van der Waals surface area contributed by atoms with E-state index in [9.17, 15) is 24.3 Å². The van der Waals surface area contributed by atoms with Crippen LogP contribution in [-0.4, -0.2) is 40.2 Å². The van der Waals surface area contributed by atoms with Gasteiger partial charge >= 0.3 is 5.97 Å². The lowest BCUT2D eigenvalue weighted by molar-refractivity contribution is -0.158. The number of amides is 1. The molecule has 7 nitrogen and oxygen atoms in total. The summed E-state index contributed by atoms with van der Waals surface area (Å²) in [6, 6.07) is 5.57. The molecule has 0 aliphatic heterocycles. The molecule has 0 spiro atoms. The number of benzene rings is 1. The van der Waals surface area contributed by atoms with Crippen LogP contribution in [0.15, 0.2) is 24.3 Å². The minimum Gasteiger partial charge on any atom is -0.508 e. The molecule has 1 aromatic rings. The fraction of sp³-hybridized carbons (Fsp3) is 0.643. The summed E-state index contributed by atoms with van der Waals surface area (Å²) in [4.78, 5) is 51.3. The molecule has 0 fully saturated rings. The fourth-order valence-electron chi connectivity index (χ4n) is 3.97. The molecule has 35 heavy (non-hydrogen) atoms. The van der Waals surface area contributed by atoms with Gasteiger partial charge in [-0.25, -0.2) is 0 Å². The molecule has 0 saturated carbocycles. The third-order valence-electron chi connectivity index (χ3n) is 6.30. The van der Waals surface area contributed by atoms with Crippen LogP contribution in [0.1, 0.15) is 80.2 Å². The van der Waals surface area contributed by atoms with E-state index in [0.717, 1.165) is 12.0 Å². The van der Waals surface area contributed by atoms with Gasteiger partial charge in [-0.1, -0.05) is 46.2 Å². The summed E-state index contributed by atoms with van der Waals surface area (Å²) in [5.41, 5.74) is 0.0991. The third kappa shape index (κ3) is 10.6. The van der Waals surface area contributed by atoms with E-state index in [1.807, 2.05) is 27.7 Å². The smallest absolute Gasteiger partial charge is 0.307 e. The standard InChI is InChI=1S/C28H43NO6/c1-9-18(4)23(19(5)30)15-25(32)24(14-20-10-12-21(31)13-11-20)29-27(34)22(17(2)3)16-26(33)35-28(6,7)8/h10-13,17-18,22-24,31H,9,14-16H2,1-8H3,(H,29,34)/t18?,22-,23-,24-/m0/s1. The maximum atomic E-state index is 13.4. The lowest BCUT2D eigenvalue weighted by Crippen LogP contribution is -2.47. The second kappa shape index (κ2) is 13.4. The first-order valence-electron chi connectivity index (χ1n) is 12.5. The van der Waals surface area contributed by atoms with Crippen LogP contribution in [0.25, 0.3) is 0 Å². The zero-order chi connectivity index (χ0) is 26.9. The minimum absolute atomic E-state index is 0.0335. The number of Topliss-reactive ketones (excluding diaryl/α,β-unsaturated/α-hetero) is 2. The maximum absolute atomic E-state index is 13.4. The number of phenolic OH excluding ortho intramolecular Hbond substituents is 1. The molecule has 1 rings (SSSR count). The number of ether oxygens (including phenoxy) is 1. The summed E-state index contributed by atoms with van der Waals surface area (Å²) < 4.78 is 5.40. The number of esters is 1. The van der Waals surface area contributed by atoms with Crippen LogP contribution in [0, 0.1) is 23.7 Å². The van der Waals surface area contributed by atoms with Crippen molar-refractivity contribution in [1.82, 2.24) is 5.32 Å². The first kappa shape index (κ1) is 30.3. The van der Waals surface area contributed by atoms with Crippen molar-refractivity contribution in [3.8, 4) is 5.75 Å². The highest BCUT2D eigenvalue weighted by atomic mass is 16.6. The molecule has 2 N–H and O–H groups in total. The Labute approximate surface area is 210 Å². The molecule has 7 heteroatoms. The summed E-state index contributed by atoms with van der Waals surface area (Å²) in [5.74, 6) is -2.25. The van der Waals surface area contributed by atoms with Gasteiger partial charge < -0.3 is 15.2 Å². The van der Waals surface area contributed by atoms with Crippen LogP contribution in [0.2, 0.25) is 0 Å². The quantitative estimate of drug-likeness (QED) is 0.391. The molecule has 0 heterocycles. The summed E-state index contributed by atoms with van der Waals surface area (Å²) in [7, 11) is 0. The molecular weight excluding hydrogens is 446 g/mol. The van der Waals surface area contributed by atoms with Gasteiger partial charge in [0.15, 0.2) is 5.78 Å². The molecule has 0 aliphatic carbocycles. The normalized spacial score (nSPS) is 15.1. The molecule has 0 saturated heterocycles. The number of carbonyl (C=O) groups is 4. The molecular formula is C28H43NO6. The van der Waals surface area contributed by atoms with Gasteiger partial charge in [-0.15, -0.1) is 0 Å². The summed E-state index contributed by atoms with van der Waals surface area (Å²) >= 11 is 0. The molecule has 0 radical (unpaired) electrons. The van der Waals surface area contributed by atoms with Crippen LogP contribution >= 0.6 is 0 Å². The van der Waals surface area contributed by atoms with Crippen LogP contribution in [0.5, 0.6) is 5.75 Å². The van der Waals surface area contributed by atoms with Crippen LogP contribution in [-0.2, 0) is 30.3 Å². The van der Waals surface area contributed by atoms with Gasteiger partial charge in [0.25, 0.3) is 0 Å². The van der Waals surface area contributed by atoms with Crippen molar-refractivity contribution >= 4 is 23.4 Å². The Morgan fingerprint density at radius 1 is 0.971 bits per heavy atom. The predicted octanol–water partition coefficient (Wildman–Crippen LogP) is 4.63. The number of carbonyl (C=O) groups excluding carboxylic acids is 4. The van der Waals surface area contributed by atoms with Crippen LogP contribution in [0.4, 0.5) is 0 Å². The Bertz CT molecular complexity index is 868. The number of hydrogen-bond donors (Lipinski definition) is 2. The van der Waals surface area contributed by atoms with Gasteiger partial charge in [-0.3, -0.25) is 19.2 Å². The van der Waals surface area contributed by atoms with E-state index >= 15 is 0 Å². The van der Waals surface area contributed by atoms with Gasteiger partial charge in [0.05, 0.1) is 18.4 Å². The van der Waals surface area contributed by atoms with E-state index in [1.165, 1.54) is 19.1 Å². The van der Waals surface area contributed by atoms with Gasteiger partial charge in [-0.05, 0) is 63.6 Å². The van der Waals surface area contributed by atoms with E-state index < -0.39 is 35.4 Å². The highest BCUT2D eigenvalue weighted by Gasteiger charge is 2.33. The summed E-state index contributed by atoms with van der Waals surface area (Å²) in [5, 5.41) is 12.5. The first-order valence-corrected chi connectivity index (χ1v) is 12.5. The lowest BCUT2D eigenvalue weighted by Gasteiger charge is -2.27. The van der Waals surface area contributed by atoms with Crippen LogP contribution < -0.4 is 5.32 Å². The SMILES string of the molecule is CCC(C)[C@H](CC(=O)[C@H](Cc1ccc(O)cc1)NC(=O)[C@@H](CC(=O)OC(C)(C)C)C(C)C)C(C)=O. The Morgan fingerprint density at radius 3 is 2.00 bits per heavy atom. The minimum atomic E-state index is -0.863. The highest BCUT2D eigenvalue weighted by Crippen LogP contribution is 2.23. The molecule has 4 atom stereocenters. The van der Waals surface area contributed by atoms with Crippen molar-refractivity contribution in [2.45, 2.75) is 92.7 Å². The van der Waals surface area contributed by atoms with Crippen molar-refractivity contribution in [2.24, 2.45) is 23.7 Å². The Morgan fingerprint density at radius 2 is 1.54 bits per heavy atom. The topological polar surface area (TPSA) is 110 Å². The van der Waals surface area contributed by atoms with E-state index in [0.29, 0.717) is 0 Å². The monoisotopic (exact) mass is 489 g/mol. The molecule has 0 aromatic heterocycles. The summed E-state index contributed by atoms with van der Waals surface area (Å²) in [6.45, 7) is 14.4. The number of phenols is 1. The average molecular weight is 490 g/mol. The number of aromatic hydroxyl groups is 1. The van der Waals surface area contributed by atoms with Crippen molar-refractivity contribution in [3.05, 3.63) is 29.8 Å². The van der Waals surface area contributed by atoms with Crippen molar-refractivity contribution in [3.63, 3.8) is 0 Å². The van der Waals surface area contributed by atoms with Gasteiger partial charge in [0.2, 0.25) is 5.91 Å². The van der Waals surface area contributed by atoms with Gasteiger partial charge in [0.1, 0.15) is 17.1 Å². The molecule has 0 aliphatic rings.